The molecule has 0 bridgehead atoms. The Morgan fingerprint density at radius 3 is 1.75 bits per heavy atom. The van der Waals surface area contributed by atoms with E-state index < -0.39 is 0 Å². The third-order valence-corrected chi connectivity index (χ3v) is 6.84. The van der Waals surface area contributed by atoms with Crippen LogP contribution in [-0.2, 0) is 9.47 Å². The van der Waals surface area contributed by atoms with Crippen LogP contribution in [0, 0.1) is 13.8 Å². The van der Waals surface area contributed by atoms with Crippen molar-refractivity contribution < 1.29 is 9.47 Å². The van der Waals surface area contributed by atoms with E-state index in [0.29, 0.717) is 0 Å². The van der Waals surface area contributed by atoms with Gasteiger partial charge in [0.25, 0.3) is 0 Å². The van der Waals surface area contributed by atoms with Crippen molar-refractivity contribution in [3.63, 3.8) is 0 Å². The molecule has 3 aliphatic heterocycles. The zero-order valence-electron chi connectivity index (χ0n) is 19.3. The van der Waals surface area contributed by atoms with Gasteiger partial charge in [0.1, 0.15) is 11.6 Å². The van der Waals surface area contributed by atoms with Gasteiger partial charge in [0.2, 0.25) is 5.95 Å². The Labute approximate surface area is 190 Å². The van der Waals surface area contributed by atoms with E-state index >= 15 is 0 Å². The maximum Gasteiger partial charge on any atom is 0.229 e. The minimum Gasteiger partial charge on any atom is -0.378 e. The second-order valence-corrected chi connectivity index (χ2v) is 8.78. The van der Waals surface area contributed by atoms with Crippen LogP contribution >= 0.6 is 0 Å². The molecule has 0 saturated carbocycles. The number of aromatic nitrogens is 2. The Morgan fingerprint density at radius 1 is 0.656 bits per heavy atom. The Bertz CT molecular complexity index is 882. The highest BCUT2D eigenvalue weighted by molar-refractivity contribution is 5.59. The molecular formula is C24H34N6O2. The summed E-state index contributed by atoms with van der Waals surface area (Å²) < 4.78 is 11.1. The average molecular weight is 439 g/mol. The largest absolute Gasteiger partial charge is 0.378 e. The van der Waals surface area contributed by atoms with E-state index in [2.05, 4.69) is 57.7 Å². The first kappa shape index (κ1) is 21.3. The molecule has 1 aromatic heterocycles. The summed E-state index contributed by atoms with van der Waals surface area (Å²) in [5, 5.41) is 0. The summed E-state index contributed by atoms with van der Waals surface area (Å²) in [6.45, 7) is 14.7. The standard InChI is InChI=1S/C24H34N6O2/c1-19-4-3-5-21(20(19)2)27-6-8-30(9-7-27)24-25-22(28-10-14-31-15-11-28)18-23(26-24)29-12-16-32-17-13-29/h3-5,18H,6-17H2,1-2H3. The molecule has 3 saturated heterocycles. The summed E-state index contributed by atoms with van der Waals surface area (Å²) in [5.41, 5.74) is 4.07. The highest BCUT2D eigenvalue weighted by Crippen LogP contribution is 2.27. The number of hydrogen-bond donors (Lipinski definition) is 0. The maximum atomic E-state index is 5.56. The van der Waals surface area contributed by atoms with Crippen LogP contribution in [0.5, 0.6) is 0 Å². The molecule has 3 fully saturated rings. The van der Waals surface area contributed by atoms with Gasteiger partial charge in [-0.15, -0.1) is 0 Å². The second kappa shape index (κ2) is 9.50. The lowest BCUT2D eigenvalue weighted by Gasteiger charge is -2.38. The summed E-state index contributed by atoms with van der Waals surface area (Å²) in [7, 11) is 0. The lowest BCUT2D eigenvalue weighted by molar-refractivity contribution is 0.122. The molecular weight excluding hydrogens is 404 g/mol. The molecule has 0 spiro atoms. The van der Waals surface area contributed by atoms with Gasteiger partial charge in [-0.05, 0) is 31.0 Å². The lowest BCUT2D eigenvalue weighted by atomic mass is 10.1. The third kappa shape index (κ3) is 4.47. The number of benzene rings is 1. The SMILES string of the molecule is Cc1cccc(N2CCN(c3nc(N4CCOCC4)cc(N4CCOCC4)n3)CC2)c1C. The number of nitrogens with zero attached hydrogens (tertiary/aromatic N) is 6. The van der Waals surface area contributed by atoms with E-state index in [9.17, 15) is 0 Å². The summed E-state index contributed by atoms with van der Waals surface area (Å²) in [6.07, 6.45) is 0. The predicted octanol–water partition coefficient (Wildman–Crippen LogP) is 2.09. The number of hydrogen-bond acceptors (Lipinski definition) is 8. The van der Waals surface area contributed by atoms with Crippen LogP contribution in [0.1, 0.15) is 11.1 Å². The molecule has 32 heavy (non-hydrogen) atoms. The molecule has 0 amide bonds. The van der Waals surface area contributed by atoms with Crippen LogP contribution in [0.25, 0.3) is 0 Å². The smallest absolute Gasteiger partial charge is 0.229 e. The van der Waals surface area contributed by atoms with Crippen LogP contribution in [0.3, 0.4) is 0 Å². The fraction of sp³-hybridized carbons (Fsp3) is 0.583. The van der Waals surface area contributed by atoms with Gasteiger partial charge in [0.05, 0.1) is 26.4 Å². The normalized spacial score (nSPS) is 20.1. The highest BCUT2D eigenvalue weighted by Gasteiger charge is 2.24. The first-order valence-electron chi connectivity index (χ1n) is 11.8. The van der Waals surface area contributed by atoms with Gasteiger partial charge in [-0.25, -0.2) is 0 Å². The Hall–Kier alpha value is -2.58. The lowest BCUT2D eigenvalue weighted by Crippen LogP contribution is -2.47. The molecule has 0 radical (unpaired) electrons. The number of ether oxygens (including phenoxy) is 2. The maximum absolute atomic E-state index is 5.56. The zero-order valence-corrected chi connectivity index (χ0v) is 19.3. The second-order valence-electron chi connectivity index (χ2n) is 8.78. The van der Waals surface area contributed by atoms with Crippen molar-refractivity contribution in [1.82, 2.24) is 9.97 Å². The van der Waals surface area contributed by atoms with Gasteiger partial charge in [-0.1, -0.05) is 12.1 Å². The molecule has 0 unspecified atom stereocenters. The van der Waals surface area contributed by atoms with Crippen LogP contribution in [0.15, 0.2) is 24.3 Å². The van der Waals surface area contributed by atoms with Crippen LogP contribution in [0.4, 0.5) is 23.3 Å². The van der Waals surface area contributed by atoms with Gasteiger partial charge in [0.15, 0.2) is 0 Å². The number of aryl methyl sites for hydroxylation is 1. The summed E-state index contributed by atoms with van der Waals surface area (Å²) >= 11 is 0. The molecule has 172 valence electrons. The molecule has 1 aromatic carbocycles. The van der Waals surface area contributed by atoms with Crippen molar-refractivity contribution in [2.75, 3.05) is 98.4 Å². The van der Waals surface area contributed by atoms with Gasteiger partial charge >= 0.3 is 0 Å². The number of anilines is 4. The summed E-state index contributed by atoms with van der Waals surface area (Å²) in [4.78, 5) is 19.5. The van der Waals surface area contributed by atoms with Crippen molar-refractivity contribution in [2.45, 2.75) is 13.8 Å². The van der Waals surface area contributed by atoms with Crippen LogP contribution < -0.4 is 19.6 Å². The topological polar surface area (TPSA) is 57.2 Å². The molecule has 0 atom stereocenters. The fourth-order valence-corrected chi connectivity index (χ4v) is 4.69. The number of piperazine rings is 1. The van der Waals surface area contributed by atoms with Crippen molar-refractivity contribution in [2.24, 2.45) is 0 Å². The number of morpholine rings is 2. The molecule has 5 rings (SSSR count). The monoisotopic (exact) mass is 438 g/mol. The predicted molar refractivity (Wildman–Crippen MR) is 128 cm³/mol. The van der Waals surface area contributed by atoms with Crippen molar-refractivity contribution in [1.29, 1.82) is 0 Å². The van der Waals surface area contributed by atoms with Gasteiger partial charge in [-0.3, -0.25) is 0 Å². The molecule has 8 heteroatoms. The zero-order chi connectivity index (χ0) is 21.9. The minimum absolute atomic E-state index is 0.751. The minimum atomic E-state index is 0.751. The molecule has 8 nitrogen and oxygen atoms in total. The van der Waals surface area contributed by atoms with E-state index in [4.69, 9.17) is 19.4 Å². The highest BCUT2D eigenvalue weighted by atomic mass is 16.5. The van der Waals surface area contributed by atoms with E-state index in [1.54, 1.807) is 0 Å². The van der Waals surface area contributed by atoms with E-state index in [1.165, 1.54) is 16.8 Å². The van der Waals surface area contributed by atoms with Crippen molar-refractivity contribution >= 4 is 23.3 Å². The van der Waals surface area contributed by atoms with Crippen LogP contribution in [-0.4, -0.2) is 88.8 Å². The molecule has 0 aliphatic carbocycles. The van der Waals surface area contributed by atoms with Crippen LogP contribution in [0.2, 0.25) is 0 Å². The first-order valence-corrected chi connectivity index (χ1v) is 11.8. The first-order chi connectivity index (χ1) is 15.7. The van der Waals surface area contributed by atoms with Gasteiger partial charge in [0, 0.05) is 64.1 Å². The van der Waals surface area contributed by atoms with Crippen molar-refractivity contribution in [3.05, 3.63) is 35.4 Å². The van der Waals surface area contributed by atoms with Gasteiger partial charge < -0.3 is 29.1 Å². The molecule has 4 heterocycles. The number of rotatable bonds is 4. The average Bonchev–Trinajstić information content (AvgIpc) is 2.87. The summed E-state index contributed by atoms with van der Waals surface area (Å²) in [5.74, 6) is 2.87. The van der Waals surface area contributed by atoms with Crippen molar-refractivity contribution in [3.8, 4) is 0 Å². The Morgan fingerprint density at radius 2 is 1.19 bits per heavy atom. The summed E-state index contributed by atoms with van der Waals surface area (Å²) in [6, 6.07) is 8.73. The Kier molecular flexibility index (Phi) is 6.32. The molecule has 3 aliphatic rings. The quantitative estimate of drug-likeness (QED) is 0.719. The molecule has 0 N–H and O–H groups in total. The van der Waals surface area contributed by atoms with E-state index in [1.807, 2.05) is 0 Å². The van der Waals surface area contributed by atoms with E-state index in [-0.39, 0.29) is 0 Å². The molecule has 2 aromatic rings. The van der Waals surface area contributed by atoms with Gasteiger partial charge in [-0.2, -0.15) is 9.97 Å². The van der Waals surface area contributed by atoms with E-state index in [0.717, 1.165) is 96.4 Å². The Balaban J connectivity index is 1.37. The third-order valence-electron chi connectivity index (χ3n) is 6.84. The fourth-order valence-electron chi connectivity index (χ4n) is 4.69.